The van der Waals surface area contributed by atoms with Gasteiger partial charge in [0.05, 0.1) is 10.6 Å². The van der Waals surface area contributed by atoms with Gasteiger partial charge in [-0.1, -0.05) is 30.3 Å². The normalized spacial score (nSPS) is 11.5. The largest absolute Gasteiger partial charge is 0.377 e. The molecule has 0 unspecified atom stereocenters. The van der Waals surface area contributed by atoms with Crippen LogP contribution in [0.5, 0.6) is 0 Å². The van der Waals surface area contributed by atoms with Crippen LogP contribution < -0.4 is 9.62 Å². The highest BCUT2D eigenvalue weighted by molar-refractivity contribution is 7.93. The number of sulfonamides is 1. The Morgan fingerprint density at radius 1 is 0.960 bits per heavy atom. The zero-order valence-electron chi connectivity index (χ0n) is 14.2. The molecule has 0 saturated heterocycles. The van der Waals surface area contributed by atoms with E-state index in [-0.39, 0.29) is 10.6 Å². The SMILES string of the molecule is Cc1ccc(F)c(NS(=O)(=O)c2cccc3c(N(C)C)cccc23)c1. The lowest BCUT2D eigenvalue weighted by Crippen LogP contribution is -2.15. The van der Waals surface area contributed by atoms with Gasteiger partial charge in [0.1, 0.15) is 5.82 Å². The van der Waals surface area contributed by atoms with Crippen LogP contribution in [0.15, 0.2) is 59.5 Å². The van der Waals surface area contributed by atoms with Gasteiger partial charge in [-0.25, -0.2) is 12.8 Å². The van der Waals surface area contributed by atoms with Crippen LogP contribution in [-0.2, 0) is 10.0 Å². The van der Waals surface area contributed by atoms with Crippen LogP contribution in [-0.4, -0.2) is 22.5 Å². The maximum atomic E-state index is 14.0. The van der Waals surface area contributed by atoms with Gasteiger partial charge in [-0.2, -0.15) is 0 Å². The van der Waals surface area contributed by atoms with Crippen molar-refractivity contribution in [3.05, 3.63) is 66.0 Å². The summed E-state index contributed by atoms with van der Waals surface area (Å²) in [5, 5.41) is 1.41. The monoisotopic (exact) mass is 358 g/mol. The fourth-order valence-electron chi connectivity index (χ4n) is 2.81. The second-order valence-electron chi connectivity index (χ2n) is 6.11. The van der Waals surface area contributed by atoms with Gasteiger partial charge >= 0.3 is 0 Å². The van der Waals surface area contributed by atoms with Crippen molar-refractivity contribution in [2.24, 2.45) is 0 Å². The molecule has 0 aliphatic rings. The Bertz CT molecular complexity index is 1050. The molecule has 0 fully saturated rings. The van der Waals surface area contributed by atoms with E-state index in [1.54, 1.807) is 25.1 Å². The smallest absolute Gasteiger partial charge is 0.262 e. The predicted octanol–water partition coefficient (Wildman–Crippen LogP) is 4.15. The summed E-state index contributed by atoms with van der Waals surface area (Å²) in [5.41, 5.74) is 1.63. The summed E-state index contributed by atoms with van der Waals surface area (Å²) in [7, 11) is -0.132. The molecule has 0 atom stereocenters. The molecule has 6 heteroatoms. The highest BCUT2D eigenvalue weighted by Crippen LogP contribution is 2.31. The van der Waals surface area contributed by atoms with Crippen molar-refractivity contribution in [2.75, 3.05) is 23.7 Å². The Morgan fingerprint density at radius 2 is 1.64 bits per heavy atom. The molecule has 3 rings (SSSR count). The molecule has 25 heavy (non-hydrogen) atoms. The minimum absolute atomic E-state index is 0.0548. The van der Waals surface area contributed by atoms with Crippen molar-refractivity contribution in [3.63, 3.8) is 0 Å². The van der Waals surface area contributed by atoms with E-state index in [0.29, 0.717) is 5.39 Å². The number of rotatable bonds is 4. The molecule has 3 aromatic rings. The van der Waals surface area contributed by atoms with Crippen LogP contribution in [0.25, 0.3) is 10.8 Å². The molecule has 0 amide bonds. The van der Waals surface area contributed by atoms with E-state index >= 15 is 0 Å². The first-order chi connectivity index (χ1) is 11.8. The first-order valence-corrected chi connectivity index (χ1v) is 9.26. The van der Waals surface area contributed by atoms with E-state index in [1.807, 2.05) is 37.2 Å². The minimum Gasteiger partial charge on any atom is -0.377 e. The number of anilines is 2. The second-order valence-corrected chi connectivity index (χ2v) is 7.76. The predicted molar refractivity (Wildman–Crippen MR) is 100 cm³/mol. The van der Waals surface area contributed by atoms with Crippen LogP contribution in [0, 0.1) is 12.7 Å². The maximum Gasteiger partial charge on any atom is 0.262 e. The second kappa shape index (κ2) is 6.37. The molecule has 0 aliphatic heterocycles. The van der Waals surface area contributed by atoms with Gasteiger partial charge in [0.25, 0.3) is 10.0 Å². The summed E-state index contributed by atoms with van der Waals surface area (Å²) in [6.07, 6.45) is 0. The molecule has 0 saturated carbocycles. The van der Waals surface area contributed by atoms with Crippen molar-refractivity contribution in [2.45, 2.75) is 11.8 Å². The lowest BCUT2D eigenvalue weighted by Gasteiger charge is -2.17. The van der Waals surface area contributed by atoms with Crippen molar-refractivity contribution in [1.82, 2.24) is 0 Å². The van der Waals surface area contributed by atoms with Crippen LogP contribution in [0.4, 0.5) is 15.8 Å². The molecule has 0 aliphatic carbocycles. The maximum absolute atomic E-state index is 14.0. The molecule has 1 N–H and O–H groups in total. The number of hydrogen-bond donors (Lipinski definition) is 1. The number of halogens is 1. The van der Waals surface area contributed by atoms with Gasteiger partial charge in [-0.05, 0) is 36.8 Å². The van der Waals surface area contributed by atoms with E-state index < -0.39 is 15.8 Å². The van der Waals surface area contributed by atoms with Crippen LogP contribution in [0.1, 0.15) is 5.56 Å². The molecule has 130 valence electrons. The fourth-order valence-corrected chi connectivity index (χ4v) is 4.09. The molecule has 4 nitrogen and oxygen atoms in total. The highest BCUT2D eigenvalue weighted by Gasteiger charge is 2.20. The summed E-state index contributed by atoms with van der Waals surface area (Å²) in [5.74, 6) is -0.608. The zero-order valence-corrected chi connectivity index (χ0v) is 15.1. The summed E-state index contributed by atoms with van der Waals surface area (Å²) >= 11 is 0. The molecular formula is C19H19FN2O2S. The quantitative estimate of drug-likeness (QED) is 0.762. The molecule has 0 spiro atoms. The van der Waals surface area contributed by atoms with Crippen LogP contribution in [0.3, 0.4) is 0 Å². The summed E-state index contributed by atoms with van der Waals surface area (Å²) in [6.45, 7) is 1.78. The molecule has 0 radical (unpaired) electrons. The highest BCUT2D eigenvalue weighted by atomic mass is 32.2. The Kier molecular flexibility index (Phi) is 4.39. The van der Waals surface area contributed by atoms with E-state index in [4.69, 9.17) is 0 Å². The summed E-state index contributed by atoms with van der Waals surface area (Å²) in [4.78, 5) is 2.04. The third kappa shape index (κ3) is 3.30. The number of hydrogen-bond acceptors (Lipinski definition) is 3. The average Bonchev–Trinajstić information content (AvgIpc) is 2.56. The topological polar surface area (TPSA) is 49.4 Å². The van der Waals surface area contributed by atoms with Crippen molar-refractivity contribution >= 4 is 32.2 Å². The van der Waals surface area contributed by atoms with Gasteiger partial charge in [0.15, 0.2) is 0 Å². The van der Waals surface area contributed by atoms with Crippen LogP contribution >= 0.6 is 0 Å². The summed E-state index contributed by atoms with van der Waals surface area (Å²) in [6, 6.07) is 14.9. The average molecular weight is 358 g/mol. The first kappa shape index (κ1) is 17.2. The third-order valence-electron chi connectivity index (χ3n) is 4.00. The molecular weight excluding hydrogens is 339 g/mol. The van der Waals surface area contributed by atoms with Crippen molar-refractivity contribution in [1.29, 1.82) is 0 Å². The standard InChI is InChI=1S/C19H19FN2O2S/c1-13-10-11-16(20)17(12-13)21-25(23,24)19-9-5-6-14-15(19)7-4-8-18(14)22(2)3/h4-12,21H,1-3H3. The Hall–Kier alpha value is -2.60. The Balaban J connectivity index is 2.15. The minimum atomic E-state index is -3.93. The lowest BCUT2D eigenvalue weighted by molar-refractivity contribution is 0.599. The number of nitrogens with one attached hydrogen (secondary N) is 1. The zero-order chi connectivity index (χ0) is 18.2. The van der Waals surface area contributed by atoms with E-state index in [1.165, 1.54) is 18.2 Å². The lowest BCUT2D eigenvalue weighted by atomic mass is 10.1. The van der Waals surface area contributed by atoms with Gasteiger partial charge in [0, 0.05) is 30.6 Å². The van der Waals surface area contributed by atoms with Gasteiger partial charge in [0.2, 0.25) is 0 Å². The van der Waals surface area contributed by atoms with Crippen molar-refractivity contribution in [3.8, 4) is 0 Å². The van der Waals surface area contributed by atoms with Gasteiger partial charge in [-0.15, -0.1) is 0 Å². The summed E-state index contributed by atoms with van der Waals surface area (Å²) < 4.78 is 42.1. The van der Waals surface area contributed by atoms with Crippen LogP contribution in [0.2, 0.25) is 0 Å². The number of nitrogens with zero attached hydrogens (tertiary/aromatic N) is 1. The molecule has 0 bridgehead atoms. The Labute approximate surface area is 147 Å². The Morgan fingerprint density at radius 3 is 2.36 bits per heavy atom. The van der Waals surface area contributed by atoms with E-state index in [9.17, 15) is 12.8 Å². The molecule has 0 aromatic heterocycles. The van der Waals surface area contributed by atoms with Gasteiger partial charge in [-0.3, -0.25) is 4.72 Å². The first-order valence-electron chi connectivity index (χ1n) is 7.77. The van der Waals surface area contributed by atoms with E-state index in [0.717, 1.165) is 16.6 Å². The third-order valence-corrected chi connectivity index (χ3v) is 5.42. The molecule has 0 heterocycles. The molecule has 3 aromatic carbocycles. The van der Waals surface area contributed by atoms with Crippen molar-refractivity contribution < 1.29 is 12.8 Å². The van der Waals surface area contributed by atoms with Gasteiger partial charge < -0.3 is 4.90 Å². The number of benzene rings is 3. The van der Waals surface area contributed by atoms with E-state index in [2.05, 4.69) is 4.72 Å². The fraction of sp³-hybridized carbons (Fsp3) is 0.158. The number of aryl methyl sites for hydroxylation is 1. The number of fused-ring (bicyclic) bond motifs is 1.